The van der Waals surface area contributed by atoms with Gasteiger partial charge in [-0.25, -0.2) is 0 Å². The number of hydrogen-bond donors (Lipinski definition) is 2. The highest BCUT2D eigenvalue weighted by atomic mass is 19.4. The van der Waals surface area contributed by atoms with Crippen LogP contribution in [0.1, 0.15) is 35.3 Å². The second kappa shape index (κ2) is 6.83. The van der Waals surface area contributed by atoms with Crippen LogP contribution in [0.15, 0.2) is 30.5 Å². The second-order valence-electron chi connectivity index (χ2n) is 6.01. The summed E-state index contributed by atoms with van der Waals surface area (Å²) in [5.74, 6) is -1.40. The lowest BCUT2D eigenvalue weighted by Crippen LogP contribution is -2.49. The van der Waals surface area contributed by atoms with Gasteiger partial charge in [0.2, 0.25) is 0 Å². The lowest BCUT2D eigenvalue weighted by atomic mass is 9.88. The van der Waals surface area contributed by atoms with E-state index >= 15 is 0 Å². The van der Waals surface area contributed by atoms with Crippen LogP contribution in [-0.4, -0.2) is 26.4 Å². The number of aromatic nitrogens is 2. The molecule has 0 fully saturated rings. The first-order valence-corrected chi connectivity index (χ1v) is 7.45. The molecular weight excluding hydrogens is 394 g/mol. The topological polar surface area (TPSA) is 105 Å². The molecule has 3 N–H and O–H groups in total. The van der Waals surface area contributed by atoms with Crippen molar-refractivity contribution in [2.75, 3.05) is 0 Å². The molecule has 0 bridgehead atoms. The predicted octanol–water partition coefficient (Wildman–Crippen LogP) is 2.62. The zero-order valence-electron chi connectivity index (χ0n) is 14.0. The molecule has 1 amide bonds. The van der Waals surface area contributed by atoms with E-state index in [0.29, 0.717) is 16.8 Å². The summed E-state index contributed by atoms with van der Waals surface area (Å²) in [4.78, 5) is 11.7. The van der Waals surface area contributed by atoms with Crippen LogP contribution < -0.4 is 5.73 Å². The minimum Gasteiger partial charge on any atom is -0.378 e. The molecule has 2 unspecified atom stereocenters. The van der Waals surface area contributed by atoms with Crippen molar-refractivity contribution in [2.45, 2.75) is 30.9 Å². The second-order valence-corrected chi connectivity index (χ2v) is 6.01. The molecule has 0 saturated heterocycles. The first-order chi connectivity index (χ1) is 12.7. The zero-order valence-corrected chi connectivity index (χ0v) is 14.0. The summed E-state index contributed by atoms with van der Waals surface area (Å²) in [7, 11) is 0. The Balaban J connectivity index is 2.73. The summed E-state index contributed by atoms with van der Waals surface area (Å²) >= 11 is 0. The molecule has 2 aromatic rings. The van der Waals surface area contributed by atoms with Gasteiger partial charge in [0.25, 0.3) is 5.91 Å². The molecule has 6 nitrogen and oxygen atoms in total. The van der Waals surface area contributed by atoms with E-state index in [-0.39, 0.29) is 0 Å². The van der Waals surface area contributed by atoms with Crippen molar-refractivity contribution in [1.29, 1.82) is 5.26 Å². The average molecular weight is 406 g/mol. The predicted molar refractivity (Wildman–Crippen MR) is 81.3 cm³/mol. The van der Waals surface area contributed by atoms with Gasteiger partial charge in [0, 0.05) is 6.20 Å². The molecule has 2 atom stereocenters. The average Bonchev–Trinajstić information content (AvgIpc) is 3.03. The molecule has 0 aliphatic heterocycles. The normalized spacial score (nSPS) is 15.5. The number of carbonyl (C=O) groups is 1. The van der Waals surface area contributed by atoms with Crippen LogP contribution in [0, 0.1) is 11.3 Å². The molecule has 0 spiro atoms. The molecule has 12 heteroatoms. The van der Waals surface area contributed by atoms with Crippen molar-refractivity contribution < 1.29 is 36.2 Å². The quantitative estimate of drug-likeness (QED) is 0.762. The number of benzene rings is 1. The molecule has 0 aliphatic carbocycles. The fourth-order valence-corrected chi connectivity index (χ4v) is 2.57. The highest BCUT2D eigenvalue weighted by molar-refractivity contribution is 5.84. The van der Waals surface area contributed by atoms with Crippen LogP contribution in [0.25, 0.3) is 0 Å². The zero-order chi connectivity index (χ0) is 21.5. The van der Waals surface area contributed by atoms with Crippen LogP contribution in [-0.2, 0) is 17.1 Å². The Morgan fingerprint density at radius 1 is 1.21 bits per heavy atom. The number of alkyl halides is 6. The molecular formula is C16H12F6N4O2. The summed E-state index contributed by atoms with van der Waals surface area (Å²) in [6.45, 7) is 0.834. The number of halogens is 6. The maximum atomic E-state index is 13.2. The van der Waals surface area contributed by atoms with Gasteiger partial charge in [0.05, 0.1) is 17.2 Å². The number of hydrogen-bond acceptors (Lipinski definition) is 4. The van der Waals surface area contributed by atoms with Gasteiger partial charge in [-0.05, 0) is 30.7 Å². The van der Waals surface area contributed by atoms with Crippen molar-refractivity contribution in [3.63, 3.8) is 0 Å². The van der Waals surface area contributed by atoms with Gasteiger partial charge in [-0.15, -0.1) is 0 Å². The number of nitrogens with zero attached hydrogens (tertiary/aromatic N) is 3. The van der Waals surface area contributed by atoms with E-state index in [1.807, 2.05) is 0 Å². The van der Waals surface area contributed by atoms with Gasteiger partial charge in [0.15, 0.2) is 11.3 Å². The van der Waals surface area contributed by atoms with Crippen LogP contribution in [0.2, 0.25) is 0 Å². The van der Waals surface area contributed by atoms with Crippen LogP contribution in [0.5, 0.6) is 0 Å². The Morgan fingerprint density at radius 3 is 2.25 bits per heavy atom. The van der Waals surface area contributed by atoms with Gasteiger partial charge >= 0.3 is 12.4 Å². The van der Waals surface area contributed by atoms with Crippen molar-refractivity contribution in [1.82, 2.24) is 9.78 Å². The Morgan fingerprint density at radius 2 is 1.82 bits per heavy atom. The van der Waals surface area contributed by atoms with E-state index in [4.69, 9.17) is 11.0 Å². The molecule has 1 aromatic carbocycles. The Bertz CT molecular complexity index is 940. The molecule has 28 heavy (non-hydrogen) atoms. The Labute approximate surface area is 153 Å². The van der Waals surface area contributed by atoms with Gasteiger partial charge in [-0.2, -0.15) is 36.7 Å². The molecule has 0 radical (unpaired) electrons. The summed E-state index contributed by atoms with van der Waals surface area (Å²) in [6, 6.07) is 2.24. The largest absolute Gasteiger partial charge is 0.435 e. The fraction of sp³-hybridized carbons (Fsp3) is 0.312. The van der Waals surface area contributed by atoms with Crippen LogP contribution in [0.4, 0.5) is 26.3 Å². The number of rotatable bonds is 4. The van der Waals surface area contributed by atoms with Crippen molar-refractivity contribution >= 4 is 5.91 Å². The minimum atomic E-state index is -4.97. The number of amides is 1. The third-order valence-corrected chi connectivity index (χ3v) is 3.98. The monoisotopic (exact) mass is 406 g/mol. The molecule has 0 aliphatic rings. The Hall–Kier alpha value is -3.07. The lowest BCUT2D eigenvalue weighted by molar-refractivity contribution is -0.142. The van der Waals surface area contributed by atoms with Crippen molar-refractivity contribution in [3.8, 4) is 6.07 Å². The van der Waals surface area contributed by atoms with E-state index in [1.165, 1.54) is 6.07 Å². The Kier molecular flexibility index (Phi) is 5.18. The highest BCUT2D eigenvalue weighted by Crippen LogP contribution is 2.37. The van der Waals surface area contributed by atoms with E-state index in [1.54, 1.807) is 0 Å². The van der Waals surface area contributed by atoms with Crippen molar-refractivity contribution in [2.24, 2.45) is 5.73 Å². The first kappa shape index (κ1) is 21.2. The van der Waals surface area contributed by atoms with Gasteiger partial charge in [-0.1, -0.05) is 6.07 Å². The molecule has 2 rings (SSSR count). The maximum absolute atomic E-state index is 13.2. The summed E-state index contributed by atoms with van der Waals surface area (Å²) < 4.78 is 78.6. The van der Waals surface area contributed by atoms with Gasteiger partial charge < -0.3 is 10.8 Å². The maximum Gasteiger partial charge on any atom is 0.435 e. The lowest BCUT2D eigenvalue weighted by Gasteiger charge is -2.31. The minimum absolute atomic E-state index is 0.424. The molecule has 1 heterocycles. The third kappa shape index (κ3) is 3.94. The number of nitriles is 1. The molecule has 0 saturated carbocycles. The van der Waals surface area contributed by atoms with Crippen molar-refractivity contribution in [3.05, 3.63) is 52.8 Å². The van der Waals surface area contributed by atoms with E-state index < -0.39 is 52.3 Å². The number of nitrogens with two attached hydrogens (primary N) is 1. The van der Waals surface area contributed by atoms with E-state index in [2.05, 4.69) is 5.10 Å². The highest BCUT2D eigenvalue weighted by Gasteiger charge is 2.44. The summed E-state index contributed by atoms with van der Waals surface area (Å²) in [5, 5.41) is 22.5. The number of aliphatic hydroxyl groups is 1. The fourth-order valence-electron chi connectivity index (χ4n) is 2.57. The summed E-state index contributed by atoms with van der Waals surface area (Å²) in [6.07, 6.45) is -9.09. The number of carbonyl (C=O) groups excluding carboxylic acids is 1. The summed E-state index contributed by atoms with van der Waals surface area (Å²) in [5.41, 5.74) is -1.46. The third-order valence-electron chi connectivity index (χ3n) is 3.98. The standard InChI is InChI=1S/C16H12F6N4O2/c1-14(28,13(24)27)12(26-5-4-11(25-26)16(20,21)22)8-2-3-9(7-23)10(6-8)15(17,18)19/h2-6,12,28H,1H3,(H2,24,27). The SMILES string of the molecule is CC(O)(C(N)=O)C(c1ccc(C#N)c(C(F)(F)F)c1)n1ccc(C(F)(F)F)n1. The smallest absolute Gasteiger partial charge is 0.378 e. The van der Waals surface area contributed by atoms with Crippen LogP contribution in [0.3, 0.4) is 0 Å². The van der Waals surface area contributed by atoms with Gasteiger partial charge in [0.1, 0.15) is 6.04 Å². The molecule has 150 valence electrons. The van der Waals surface area contributed by atoms with E-state index in [9.17, 15) is 36.2 Å². The van der Waals surface area contributed by atoms with E-state index in [0.717, 1.165) is 25.3 Å². The first-order valence-electron chi connectivity index (χ1n) is 7.45. The molecule has 1 aromatic heterocycles. The number of primary amides is 1. The van der Waals surface area contributed by atoms with Crippen LogP contribution >= 0.6 is 0 Å². The van der Waals surface area contributed by atoms with Gasteiger partial charge in [-0.3, -0.25) is 9.48 Å².